The maximum absolute atomic E-state index is 12.4. The highest BCUT2D eigenvalue weighted by molar-refractivity contribution is 7.92. The van der Waals surface area contributed by atoms with Crippen molar-refractivity contribution in [2.75, 3.05) is 37.7 Å². The van der Waals surface area contributed by atoms with Gasteiger partial charge in [0.15, 0.2) is 5.78 Å². The van der Waals surface area contributed by atoms with Crippen LogP contribution in [-0.4, -0.2) is 52.5 Å². The van der Waals surface area contributed by atoms with E-state index in [0.717, 1.165) is 13.0 Å². The van der Waals surface area contributed by atoms with Gasteiger partial charge in [-0.3, -0.25) is 9.10 Å². The number of nitrogens with zero attached hydrogens (tertiary/aromatic N) is 2. The predicted molar refractivity (Wildman–Crippen MR) is 102 cm³/mol. The average Bonchev–Trinajstić information content (AvgIpc) is 2.58. The first-order valence-corrected chi connectivity index (χ1v) is 9.96. The fourth-order valence-corrected chi connectivity index (χ4v) is 3.52. The largest absolute Gasteiger partial charge is 0.309 e. The summed E-state index contributed by atoms with van der Waals surface area (Å²) in [6.45, 7) is 1.21. The molecule has 0 heterocycles. The number of sulfonamides is 1. The van der Waals surface area contributed by atoms with Crippen molar-refractivity contribution in [2.24, 2.45) is 0 Å². The van der Waals surface area contributed by atoms with E-state index in [2.05, 4.69) is 0 Å². The smallest absolute Gasteiger partial charge is 0.232 e. The molecule has 0 amide bonds. The van der Waals surface area contributed by atoms with Crippen LogP contribution in [0.25, 0.3) is 0 Å². The Bertz CT molecular complexity index is 800. The zero-order chi connectivity index (χ0) is 18.4. The second-order valence-electron chi connectivity index (χ2n) is 6.23. The molecule has 0 aliphatic heterocycles. The van der Waals surface area contributed by atoms with Gasteiger partial charge in [0.05, 0.1) is 11.9 Å². The molecule has 0 aromatic heterocycles. The molecule has 25 heavy (non-hydrogen) atoms. The molecule has 134 valence electrons. The van der Waals surface area contributed by atoms with Crippen molar-refractivity contribution >= 4 is 21.5 Å². The molecule has 0 saturated carbocycles. The molecule has 2 aromatic carbocycles. The molecule has 0 fully saturated rings. The Labute approximate surface area is 149 Å². The first kappa shape index (κ1) is 19.1. The Hall–Kier alpha value is -2.18. The second kappa shape index (κ2) is 8.27. The first-order chi connectivity index (χ1) is 11.8. The number of rotatable bonds is 8. The number of benzene rings is 2. The molecule has 0 radical (unpaired) electrons. The van der Waals surface area contributed by atoms with Crippen LogP contribution in [0.5, 0.6) is 0 Å². The minimum Gasteiger partial charge on any atom is -0.309 e. The molecule has 6 heteroatoms. The van der Waals surface area contributed by atoms with Gasteiger partial charge in [-0.25, -0.2) is 8.42 Å². The fourth-order valence-electron chi connectivity index (χ4n) is 2.55. The number of carbonyl (C=O) groups is 1. The molecular weight excluding hydrogens is 336 g/mol. The van der Waals surface area contributed by atoms with Crippen LogP contribution in [0.1, 0.15) is 22.3 Å². The van der Waals surface area contributed by atoms with E-state index in [1.54, 1.807) is 36.4 Å². The molecule has 0 atom stereocenters. The molecule has 0 N–H and O–H groups in total. The summed E-state index contributed by atoms with van der Waals surface area (Å²) in [6.07, 6.45) is 1.93. The van der Waals surface area contributed by atoms with Gasteiger partial charge >= 0.3 is 0 Å². The molecule has 0 aliphatic rings. The quantitative estimate of drug-likeness (QED) is 0.679. The first-order valence-electron chi connectivity index (χ1n) is 8.11. The van der Waals surface area contributed by atoms with Crippen LogP contribution < -0.4 is 4.31 Å². The highest BCUT2D eigenvalue weighted by Gasteiger charge is 2.18. The van der Waals surface area contributed by atoms with Crippen LogP contribution in [0, 0.1) is 0 Å². The van der Waals surface area contributed by atoms with Gasteiger partial charge in [0.2, 0.25) is 10.0 Å². The Kier molecular flexibility index (Phi) is 6.33. The van der Waals surface area contributed by atoms with Crippen LogP contribution >= 0.6 is 0 Å². The van der Waals surface area contributed by atoms with Crippen molar-refractivity contribution in [1.29, 1.82) is 0 Å². The molecule has 2 rings (SSSR count). The van der Waals surface area contributed by atoms with Crippen molar-refractivity contribution in [1.82, 2.24) is 4.90 Å². The summed E-state index contributed by atoms with van der Waals surface area (Å²) < 4.78 is 25.6. The van der Waals surface area contributed by atoms with Crippen LogP contribution in [0.2, 0.25) is 0 Å². The third kappa shape index (κ3) is 5.41. The summed E-state index contributed by atoms with van der Waals surface area (Å²) in [5.74, 6) is -0.0781. The number of carbonyl (C=O) groups excluding carboxylic acids is 1. The van der Waals surface area contributed by atoms with E-state index in [1.807, 2.05) is 37.2 Å². The third-order valence-corrected chi connectivity index (χ3v) is 5.01. The third-order valence-electron chi connectivity index (χ3n) is 3.82. The number of anilines is 1. The van der Waals surface area contributed by atoms with Gasteiger partial charge < -0.3 is 4.90 Å². The Balaban J connectivity index is 2.19. The normalized spacial score (nSPS) is 11.5. The lowest BCUT2D eigenvalue weighted by atomic mass is 10.0. The summed E-state index contributed by atoms with van der Waals surface area (Å²) in [6, 6.07) is 15.7. The lowest BCUT2D eigenvalue weighted by Crippen LogP contribution is -2.32. The van der Waals surface area contributed by atoms with Crippen LogP contribution in [0.3, 0.4) is 0 Å². The van der Waals surface area contributed by atoms with Crippen LogP contribution in [-0.2, 0) is 10.0 Å². The van der Waals surface area contributed by atoms with E-state index in [0.29, 0.717) is 23.4 Å². The Morgan fingerprint density at radius 3 is 1.96 bits per heavy atom. The van der Waals surface area contributed by atoms with Gasteiger partial charge in [0.25, 0.3) is 0 Å². The molecule has 2 aromatic rings. The van der Waals surface area contributed by atoms with E-state index < -0.39 is 10.0 Å². The van der Waals surface area contributed by atoms with Crippen molar-refractivity contribution in [3.8, 4) is 0 Å². The zero-order valence-corrected chi connectivity index (χ0v) is 15.7. The monoisotopic (exact) mass is 360 g/mol. The molecule has 0 spiro atoms. The SMILES string of the molecule is CN(C)CCCN(c1ccc(C(=O)c2ccccc2)cc1)S(C)(=O)=O. The lowest BCUT2D eigenvalue weighted by molar-refractivity contribution is 0.103. The molecule has 0 bridgehead atoms. The van der Waals surface area contributed by atoms with Gasteiger partial charge in [-0.2, -0.15) is 0 Å². The summed E-state index contributed by atoms with van der Waals surface area (Å²) >= 11 is 0. The second-order valence-corrected chi connectivity index (χ2v) is 8.14. The van der Waals surface area contributed by atoms with E-state index in [1.165, 1.54) is 10.6 Å². The minimum atomic E-state index is -3.37. The minimum absolute atomic E-state index is 0.0781. The number of ketones is 1. The van der Waals surface area contributed by atoms with Gasteiger partial charge in [0, 0.05) is 17.7 Å². The molecular formula is C19H24N2O3S. The standard InChI is InChI=1S/C19H24N2O3S/c1-20(2)14-7-15-21(25(3,23)24)18-12-10-17(11-13-18)19(22)16-8-5-4-6-9-16/h4-6,8-13H,7,14-15H2,1-3H3. The lowest BCUT2D eigenvalue weighted by Gasteiger charge is -2.23. The Morgan fingerprint density at radius 1 is 0.880 bits per heavy atom. The summed E-state index contributed by atoms with van der Waals surface area (Å²) in [7, 11) is 0.535. The average molecular weight is 360 g/mol. The van der Waals surface area contributed by atoms with Crippen LogP contribution in [0.4, 0.5) is 5.69 Å². The van der Waals surface area contributed by atoms with E-state index in [9.17, 15) is 13.2 Å². The fraction of sp³-hybridized carbons (Fsp3) is 0.316. The topological polar surface area (TPSA) is 57.7 Å². The maximum atomic E-state index is 12.4. The van der Waals surface area contributed by atoms with Crippen molar-refractivity contribution in [2.45, 2.75) is 6.42 Å². The molecule has 0 aliphatic carbocycles. The van der Waals surface area contributed by atoms with Crippen molar-refractivity contribution in [3.05, 3.63) is 65.7 Å². The van der Waals surface area contributed by atoms with E-state index >= 15 is 0 Å². The van der Waals surface area contributed by atoms with Gasteiger partial charge in [-0.1, -0.05) is 30.3 Å². The Morgan fingerprint density at radius 2 is 1.44 bits per heavy atom. The van der Waals surface area contributed by atoms with E-state index in [4.69, 9.17) is 0 Å². The van der Waals surface area contributed by atoms with Crippen molar-refractivity contribution in [3.63, 3.8) is 0 Å². The van der Waals surface area contributed by atoms with Crippen LogP contribution in [0.15, 0.2) is 54.6 Å². The summed E-state index contributed by atoms with van der Waals surface area (Å²) in [5, 5.41) is 0. The molecule has 0 unspecified atom stereocenters. The summed E-state index contributed by atoms with van der Waals surface area (Å²) in [4.78, 5) is 14.4. The van der Waals surface area contributed by atoms with Gasteiger partial charge in [-0.05, 0) is 51.3 Å². The predicted octanol–water partition coefficient (Wildman–Crippen LogP) is 2.64. The number of hydrogen-bond acceptors (Lipinski definition) is 4. The molecule has 5 nitrogen and oxygen atoms in total. The highest BCUT2D eigenvalue weighted by atomic mass is 32.2. The van der Waals surface area contributed by atoms with Gasteiger partial charge in [0.1, 0.15) is 0 Å². The maximum Gasteiger partial charge on any atom is 0.232 e. The number of hydrogen-bond donors (Lipinski definition) is 0. The zero-order valence-electron chi connectivity index (χ0n) is 14.8. The molecule has 0 saturated heterocycles. The summed E-state index contributed by atoms with van der Waals surface area (Å²) in [5.41, 5.74) is 1.73. The van der Waals surface area contributed by atoms with Crippen molar-refractivity contribution < 1.29 is 13.2 Å². The van der Waals surface area contributed by atoms with E-state index in [-0.39, 0.29) is 5.78 Å². The highest BCUT2D eigenvalue weighted by Crippen LogP contribution is 2.20. The van der Waals surface area contributed by atoms with Gasteiger partial charge in [-0.15, -0.1) is 0 Å².